The summed E-state index contributed by atoms with van der Waals surface area (Å²) in [5.74, 6) is -2.02. The van der Waals surface area contributed by atoms with E-state index in [4.69, 9.17) is 0 Å². The van der Waals surface area contributed by atoms with Crippen LogP contribution in [-0.4, -0.2) is 20.4 Å². The minimum Gasteiger partial charge on any atom is -0.300 e. The summed E-state index contributed by atoms with van der Waals surface area (Å²) >= 11 is 0.948. The highest BCUT2D eigenvalue weighted by atomic mass is 32.1. The van der Waals surface area contributed by atoms with Crippen LogP contribution in [0.4, 0.5) is 13.9 Å². The number of halogens is 2. The van der Waals surface area contributed by atoms with Gasteiger partial charge in [-0.05, 0) is 19.9 Å². The van der Waals surface area contributed by atoms with E-state index in [0.717, 1.165) is 23.5 Å². The summed E-state index contributed by atoms with van der Waals surface area (Å²) in [6.07, 6.45) is 1.29. The molecule has 0 aliphatic carbocycles. The molecule has 9 heteroatoms. The Kier molecular flexibility index (Phi) is 4.10. The topological polar surface area (TPSA) is 76.9 Å². The third-order valence-corrected chi connectivity index (χ3v) is 4.41. The minimum absolute atomic E-state index is 0.0123. The fourth-order valence-corrected chi connectivity index (χ4v) is 3.03. The molecule has 2 aromatic heterocycles. The number of anilines is 1. The van der Waals surface area contributed by atoms with Crippen molar-refractivity contribution in [2.75, 3.05) is 5.32 Å². The van der Waals surface area contributed by atoms with Crippen molar-refractivity contribution in [3.05, 3.63) is 51.7 Å². The Hall–Kier alpha value is -2.68. The van der Waals surface area contributed by atoms with Gasteiger partial charge in [0.15, 0.2) is 10.9 Å². The fraction of sp³-hybridized carbons (Fsp3) is 0.200. The molecule has 3 rings (SSSR count). The van der Waals surface area contributed by atoms with E-state index >= 15 is 0 Å². The van der Waals surface area contributed by atoms with Crippen molar-refractivity contribution < 1.29 is 13.6 Å². The summed E-state index contributed by atoms with van der Waals surface area (Å²) in [6, 6.07) is 1.87. The summed E-state index contributed by atoms with van der Waals surface area (Å²) in [5.41, 5.74) is 0.736. The van der Waals surface area contributed by atoms with E-state index in [2.05, 4.69) is 15.3 Å². The maximum atomic E-state index is 13.6. The number of aromatic nitrogens is 3. The summed E-state index contributed by atoms with van der Waals surface area (Å²) < 4.78 is 28.3. The second kappa shape index (κ2) is 6.08. The van der Waals surface area contributed by atoms with Crippen LogP contribution in [0.3, 0.4) is 0 Å². The van der Waals surface area contributed by atoms with Crippen LogP contribution >= 0.6 is 11.3 Å². The molecule has 124 valence electrons. The van der Waals surface area contributed by atoms with Crippen molar-refractivity contribution in [2.24, 2.45) is 0 Å². The lowest BCUT2D eigenvalue weighted by Gasteiger charge is -2.07. The molecule has 1 amide bonds. The first-order valence-corrected chi connectivity index (χ1v) is 7.75. The monoisotopic (exact) mass is 350 g/mol. The van der Waals surface area contributed by atoms with Crippen LogP contribution in [0.2, 0.25) is 0 Å². The van der Waals surface area contributed by atoms with Crippen LogP contribution in [0.1, 0.15) is 11.3 Å². The van der Waals surface area contributed by atoms with E-state index in [1.54, 1.807) is 13.8 Å². The number of benzene rings is 1. The molecule has 6 nitrogen and oxygen atoms in total. The van der Waals surface area contributed by atoms with Crippen LogP contribution in [-0.2, 0) is 11.3 Å². The SMILES string of the molecule is Cc1ncn(CC(=O)Nc2nc3c(F)cc(F)cc3s2)c(=O)c1C. The van der Waals surface area contributed by atoms with Gasteiger partial charge in [0.05, 0.1) is 11.0 Å². The number of thiazole rings is 1. The Labute approximate surface area is 138 Å². The quantitative estimate of drug-likeness (QED) is 0.787. The molecule has 24 heavy (non-hydrogen) atoms. The van der Waals surface area contributed by atoms with Crippen LogP contribution in [0.15, 0.2) is 23.3 Å². The van der Waals surface area contributed by atoms with Gasteiger partial charge in [0.1, 0.15) is 17.9 Å². The van der Waals surface area contributed by atoms with Gasteiger partial charge in [-0.1, -0.05) is 11.3 Å². The van der Waals surface area contributed by atoms with Crippen molar-refractivity contribution in [1.82, 2.24) is 14.5 Å². The number of nitrogens with one attached hydrogen (secondary N) is 1. The van der Waals surface area contributed by atoms with E-state index in [9.17, 15) is 18.4 Å². The summed E-state index contributed by atoms with van der Waals surface area (Å²) in [6.45, 7) is 3.08. The molecule has 3 aromatic rings. The molecule has 1 N–H and O–H groups in total. The first-order valence-electron chi connectivity index (χ1n) is 6.93. The highest BCUT2D eigenvalue weighted by molar-refractivity contribution is 7.22. The second-order valence-electron chi connectivity index (χ2n) is 5.19. The van der Waals surface area contributed by atoms with Crippen LogP contribution < -0.4 is 10.9 Å². The molecular weight excluding hydrogens is 338 g/mol. The number of hydrogen-bond acceptors (Lipinski definition) is 5. The number of amides is 1. The molecule has 0 saturated carbocycles. The smallest absolute Gasteiger partial charge is 0.256 e. The lowest BCUT2D eigenvalue weighted by Crippen LogP contribution is -2.29. The maximum absolute atomic E-state index is 13.6. The number of nitrogens with zero attached hydrogens (tertiary/aromatic N) is 3. The molecule has 0 aliphatic heterocycles. The van der Waals surface area contributed by atoms with Crippen molar-refractivity contribution in [2.45, 2.75) is 20.4 Å². The van der Waals surface area contributed by atoms with Crippen molar-refractivity contribution in [1.29, 1.82) is 0 Å². The first kappa shape index (κ1) is 16.2. The van der Waals surface area contributed by atoms with Gasteiger partial charge >= 0.3 is 0 Å². The normalized spacial score (nSPS) is 11.0. The predicted molar refractivity (Wildman–Crippen MR) is 86.1 cm³/mol. The number of aryl methyl sites for hydroxylation is 1. The van der Waals surface area contributed by atoms with Crippen LogP contribution in [0, 0.1) is 25.5 Å². The molecule has 0 bridgehead atoms. The highest BCUT2D eigenvalue weighted by Crippen LogP contribution is 2.28. The number of carbonyl (C=O) groups is 1. The lowest BCUT2D eigenvalue weighted by molar-refractivity contribution is -0.116. The Bertz CT molecular complexity index is 1010. The first-order chi connectivity index (χ1) is 11.3. The van der Waals surface area contributed by atoms with Gasteiger partial charge in [0.25, 0.3) is 5.56 Å². The highest BCUT2D eigenvalue weighted by Gasteiger charge is 2.14. The molecule has 0 spiro atoms. The zero-order valence-corrected chi connectivity index (χ0v) is 13.6. The van der Waals surface area contributed by atoms with Gasteiger partial charge in [0, 0.05) is 17.3 Å². The number of hydrogen-bond donors (Lipinski definition) is 1. The minimum atomic E-state index is -0.795. The van der Waals surface area contributed by atoms with Crippen LogP contribution in [0.5, 0.6) is 0 Å². The Morgan fingerprint density at radius 3 is 2.83 bits per heavy atom. The van der Waals surface area contributed by atoms with E-state index in [-0.39, 0.29) is 27.5 Å². The maximum Gasteiger partial charge on any atom is 0.256 e. The van der Waals surface area contributed by atoms with Gasteiger partial charge in [0.2, 0.25) is 5.91 Å². The van der Waals surface area contributed by atoms with Crippen LogP contribution in [0.25, 0.3) is 10.2 Å². The van der Waals surface area contributed by atoms with E-state index in [1.165, 1.54) is 10.9 Å². The average molecular weight is 350 g/mol. The standard InChI is InChI=1S/C15H12F2N4O2S/c1-7-8(2)18-6-21(14(7)23)5-12(22)19-15-20-13-10(17)3-9(16)4-11(13)24-15/h3-4,6H,5H2,1-2H3,(H,19,20,22). The van der Waals surface area contributed by atoms with E-state index in [1.807, 2.05) is 0 Å². The number of rotatable bonds is 3. The Morgan fingerprint density at radius 1 is 1.33 bits per heavy atom. The van der Waals surface area contributed by atoms with Gasteiger partial charge in [-0.3, -0.25) is 14.2 Å². The zero-order valence-electron chi connectivity index (χ0n) is 12.8. The van der Waals surface area contributed by atoms with Crippen molar-refractivity contribution in [3.63, 3.8) is 0 Å². The van der Waals surface area contributed by atoms with Gasteiger partial charge in [-0.2, -0.15) is 0 Å². The Balaban J connectivity index is 1.82. The van der Waals surface area contributed by atoms with Gasteiger partial charge < -0.3 is 5.32 Å². The summed E-state index contributed by atoms with van der Waals surface area (Å²) in [5, 5.41) is 2.61. The second-order valence-corrected chi connectivity index (χ2v) is 6.22. The lowest BCUT2D eigenvalue weighted by atomic mass is 10.3. The molecule has 0 saturated heterocycles. The molecule has 0 fully saturated rings. The molecule has 0 unspecified atom stereocenters. The fourth-order valence-electron chi connectivity index (χ4n) is 2.11. The third kappa shape index (κ3) is 3.02. The number of fused-ring (bicyclic) bond motifs is 1. The average Bonchev–Trinajstić information content (AvgIpc) is 2.90. The van der Waals surface area contributed by atoms with Crippen molar-refractivity contribution >= 4 is 32.6 Å². The Morgan fingerprint density at radius 2 is 2.08 bits per heavy atom. The third-order valence-electron chi connectivity index (χ3n) is 3.49. The molecule has 0 atom stereocenters. The summed E-state index contributed by atoms with van der Waals surface area (Å²) in [7, 11) is 0. The predicted octanol–water partition coefficient (Wildman–Crippen LogP) is 2.39. The van der Waals surface area contributed by atoms with E-state index < -0.39 is 17.5 Å². The van der Waals surface area contributed by atoms with Gasteiger partial charge in [-0.25, -0.2) is 18.7 Å². The van der Waals surface area contributed by atoms with E-state index in [0.29, 0.717) is 11.3 Å². The zero-order chi connectivity index (χ0) is 17.4. The number of carbonyl (C=O) groups excluding carboxylic acids is 1. The van der Waals surface area contributed by atoms with Crippen molar-refractivity contribution in [3.8, 4) is 0 Å². The molecular formula is C15H12F2N4O2S. The van der Waals surface area contributed by atoms with Gasteiger partial charge in [-0.15, -0.1) is 0 Å². The molecule has 2 heterocycles. The largest absolute Gasteiger partial charge is 0.300 e. The summed E-state index contributed by atoms with van der Waals surface area (Å²) in [4.78, 5) is 32.1. The molecule has 1 aromatic carbocycles. The molecule has 0 aliphatic rings. The molecule has 0 radical (unpaired) electrons.